The molecule has 9 heteroatoms. The number of ether oxygens (including phenoxy) is 2. The van der Waals surface area contributed by atoms with Gasteiger partial charge in [-0.05, 0) is 41.8 Å². The predicted octanol–water partition coefficient (Wildman–Crippen LogP) is 4.80. The second kappa shape index (κ2) is 10.9. The van der Waals surface area contributed by atoms with Gasteiger partial charge in [-0.15, -0.1) is 0 Å². The summed E-state index contributed by atoms with van der Waals surface area (Å²) in [6.07, 6.45) is 1.79. The molecule has 0 aliphatic carbocycles. The minimum atomic E-state index is -4.43. The van der Waals surface area contributed by atoms with Crippen LogP contribution < -0.4 is 15.0 Å². The summed E-state index contributed by atoms with van der Waals surface area (Å²) in [5.41, 5.74) is 0.954. The average Bonchev–Trinajstić information content (AvgIpc) is 2.92. The van der Waals surface area contributed by atoms with Gasteiger partial charge >= 0.3 is 0 Å². The lowest BCUT2D eigenvalue weighted by Crippen LogP contribution is -2.25. The molecule has 0 unspecified atom stereocenters. The summed E-state index contributed by atoms with van der Waals surface area (Å²) in [6.45, 7) is 1.98. The van der Waals surface area contributed by atoms with Crippen molar-refractivity contribution in [2.75, 3.05) is 14.2 Å². The fourth-order valence-electron chi connectivity index (χ4n) is 4.14. The zero-order valence-corrected chi connectivity index (χ0v) is 21.7. The van der Waals surface area contributed by atoms with E-state index in [0.29, 0.717) is 24.3 Å². The van der Waals surface area contributed by atoms with Crippen molar-refractivity contribution in [3.05, 3.63) is 89.0 Å². The molecule has 0 saturated carbocycles. The Labute approximate surface area is 215 Å². The Kier molecular flexibility index (Phi) is 7.63. The number of hydrogen-bond donors (Lipinski definition) is 1. The maximum atomic E-state index is 13.7. The van der Waals surface area contributed by atoms with E-state index in [1.807, 2.05) is 37.3 Å². The number of benzene rings is 3. The molecule has 8 nitrogen and oxygen atoms in total. The highest BCUT2D eigenvalue weighted by molar-refractivity contribution is 7.91. The molecule has 37 heavy (non-hydrogen) atoms. The van der Waals surface area contributed by atoms with Gasteiger partial charge in [0.05, 0.1) is 19.1 Å². The van der Waals surface area contributed by atoms with E-state index in [-0.39, 0.29) is 16.4 Å². The van der Waals surface area contributed by atoms with Gasteiger partial charge in [-0.3, -0.25) is 9.36 Å². The molecule has 192 valence electrons. The minimum absolute atomic E-state index is 0.138. The van der Waals surface area contributed by atoms with E-state index in [2.05, 4.69) is 4.98 Å². The highest BCUT2D eigenvalue weighted by Gasteiger charge is 2.31. The smallest absolute Gasteiger partial charge is 0.296 e. The van der Waals surface area contributed by atoms with Gasteiger partial charge in [-0.2, -0.15) is 4.98 Å². The molecule has 3 aromatic carbocycles. The highest BCUT2D eigenvalue weighted by Crippen LogP contribution is 2.38. The lowest BCUT2D eigenvalue weighted by atomic mass is 10.1. The number of sulfone groups is 1. The van der Waals surface area contributed by atoms with Crippen LogP contribution in [0.2, 0.25) is 0 Å². The van der Waals surface area contributed by atoms with Crippen molar-refractivity contribution in [3.63, 3.8) is 0 Å². The maximum Gasteiger partial charge on any atom is 0.296 e. The van der Waals surface area contributed by atoms with Crippen molar-refractivity contribution in [1.29, 1.82) is 0 Å². The molecule has 0 bridgehead atoms. The standard InChI is InChI=1S/C28H28N2O6S/c1-4-5-14-24-29-27(31)26(28(32)30(24)25-22(35-2)12-9-13-23(25)36-3)37(33,34)21-17-15-20(16-18-21)19-10-7-6-8-11-19/h6-13,15-18,32H,4-5,14H2,1-3H3. The van der Waals surface area contributed by atoms with Crippen LogP contribution in [0.4, 0.5) is 0 Å². The second-order valence-electron chi connectivity index (χ2n) is 8.33. The number of aromatic nitrogens is 2. The molecule has 0 aliphatic heterocycles. The molecular weight excluding hydrogens is 492 g/mol. The number of aryl methyl sites for hydroxylation is 1. The Morgan fingerprint density at radius 3 is 2.03 bits per heavy atom. The molecular formula is C28H28N2O6S. The molecule has 0 atom stereocenters. The first-order chi connectivity index (χ1) is 17.8. The van der Waals surface area contributed by atoms with Crippen LogP contribution in [0.5, 0.6) is 17.4 Å². The van der Waals surface area contributed by atoms with Crippen LogP contribution in [-0.4, -0.2) is 37.3 Å². The monoisotopic (exact) mass is 520 g/mol. The molecule has 0 fully saturated rings. The molecule has 0 saturated heterocycles. The molecule has 4 rings (SSSR count). The Balaban J connectivity index is 1.94. The molecule has 0 radical (unpaired) electrons. The van der Waals surface area contributed by atoms with Crippen molar-refractivity contribution in [2.24, 2.45) is 0 Å². The molecule has 4 aromatic rings. The molecule has 0 spiro atoms. The number of unbranched alkanes of at least 4 members (excludes halogenated alkanes) is 1. The van der Waals surface area contributed by atoms with Gasteiger partial charge in [0.1, 0.15) is 23.0 Å². The largest absolute Gasteiger partial charge is 0.494 e. The van der Waals surface area contributed by atoms with Crippen LogP contribution in [0.1, 0.15) is 25.6 Å². The second-order valence-corrected chi connectivity index (χ2v) is 10.2. The van der Waals surface area contributed by atoms with Crippen molar-refractivity contribution in [2.45, 2.75) is 36.0 Å². The van der Waals surface area contributed by atoms with Gasteiger partial charge in [0.15, 0.2) is 4.90 Å². The fraction of sp³-hybridized carbons (Fsp3) is 0.214. The zero-order valence-electron chi connectivity index (χ0n) is 20.8. The molecule has 0 amide bonds. The van der Waals surface area contributed by atoms with Gasteiger partial charge in [-0.1, -0.05) is 61.9 Å². The van der Waals surface area contributed by atoms with Gasteiger partial charge in [0.2, 0.25) is 15.7 Å². The molecule has 1 N–H and O–H groups in total. The van der Waals surface area contributed by atoms with E-state index in [1.54, 1.807) is 30.3 Å². The zero-order chi connectivity index (χ0) is 26.6. The van der Waals surface area contributed by atoms with E-state index in [9.17, 15) is 18.3 Å². The lowest BCUT2D eigenvalue weighted by Gasteiger charge is -2.21. The number of nitrogens with zero attached hydrogens (tertiary/aromatic N) is 2. The van der Waals surface area contributed by atoms with Crippen LogP contribution in [0.25, 0.3) is 16.8 Å². The first-order valence-electron chi connectivity index (χ1n) is 11.8. The van der Waals surface area contributed by atoms with Gasteiger partial charge in [0, 0.05) is 6.42 Å². The number of para-hydroxylation sites is 1. The fourth-order valence-corrected chi connectivity index (χ4v) is 5.47. The number of aromatic hydroxyl groups is 1. The highest BCUT2D eigenvalue weighted by atomic mass is 32.2. The predicted molar refractivity (Wildman–Crippen MR) is 141 cm³/mol. The number of methoxy groups -OCH3 is 2. The Morgan fingerprint density at radius 1 is 0.865 bits per heavy atom. The topological polar surface area (TPSA) is 108 Å². The molecule has 1 aromatic heterocycles. The SMILES string of the molecule is CCCCc1nc(=O)c(S(=O)(=O)c2ccc(-c3ccccc3)cc2)c(O)n1-c1c(OC)cccc1OC. The van der Waals surface area contributed by atoms with Crippen LogP contribution in [0.15, 0.2) is 87.4 Å². The third kappa shape index (κ3) is 4.95. The van der Waals surface area contributed by atoms with E-state index in [4.69, 9.17) is 9.47 Å². The molecule has 0 aliphatic rings. The third-order valence-electron chi connectivity index (χ3n) is 6.02. The van der Waals surface area contributed by atoms with Crippen LogP contribution in [0, 0.1) is 0 Å². The number of hydrogen-bond acceptors (Lipinski definition) is 7. The first-order valence-corrected chi connectivity index (χ1v) is 13.3. The van der Waals surface area contributed by atoms with Gasteiger partial charge < -0.3 is 14.6 Å². The van der Waals surface area contributed by atoms with E-state index < -0.39 is 26.2 Å². The summed E-state index contributed by atoms with van der Waals surface area (Å²) in [4.78, 5) is 16.3. The van der Waals surface area contributed by atoms with Crippen molar-refractivity contribution in [1.82, 2.24) is 9.55 Å². The maximum absolute atomic E-state index is 13.7. The van der Waals surface area contributed by atoms with Crippen molar-refractivity contribution >= 4 is 9.84 Å². The van der Waals surface area contributed by atoms with Gasteiger partial charge in [0.25, 0.3) is 5.56 Å². The van der Waals surface area contributed by atoms with E-state index >= 15 is 0 Å². The van der Waals surface area contributed by atoms with Crippen LogP contribution >= 0.6 is 0 Å². The normalized spacial score (nSPS) is 11.3. The quantitative estimate of drug-likeness (QED) is 0.338. The van der Waals surface area contributed by atoms with E-state index in [0.717, 1.165) is 17.5 Å². The Morgan fingerprint density at radius 2 is 1.46 bits per heavy atom. The molecule has 1 heterocycles. The first kappa shape index (κ1) is 26.0. The van der Waals surface area contributed by atoms with Crippen LogP contribution in [-0.2, 0) is 16.3 Å². The van der Waals surface area contributed by atoms with E-state index in [1.165, 1.54) is 30.9 Å². The van der Waals surface area contributed by atoms with Crippen LogP contribution in [0.3, 0.4) is 0 Å². The Hall–Kier alpha value is -4.11. The minimum Gasteiger partial charge on any atom is -0.494 e. The lowest BCUT2D eigenvalue weighted by molar-refractivity contribution is 0.374. The summed E-state index contributed by atoms with van der Waals surface area (Å²) in [6, 6.07) is 20.6. The van der Waals surface area contributed by atoms with Crippen molar-refractivity contribution in [3.8, 4) is 34.2 Å². The third-order valence-corrected chi connectivity index (χ3v) is 7.81. The summed E-state index contributed by atoms with van der Waals surface area (Å²) in [5, 5.41) is 11.4. The average molecular weight is 521 g/mol. The summed E-state index contributed by atoms with van der Waals surface area (Å²) < 4.78 is 39.5. The summed E-state index contributed by atoms with van der Waals surface area (Å²) >= 11 is 0. The van der Waals surface area contributed by atoms with Crippen molar-refractivity contribution < 1.29 is 23.0 Å². The number of rotatable bonds is 9. The summed E-state index contributed by atoms with van der Waals surface area (Å²) in [5.74, 6) is 0.0772. The Bertz CT molecular complexity index is 1540. The summed E-state index contributed by atoms with van der Waals surface area (Å²) in [7, 11) is -1.54. The van der Waals surface area contributed by atoms with Gasteiger partial charge in [-0.25, -0.2) is 8.42 Å².